The Morgan fingerprint density at radius 3 is 3.13 bits per heavy atom. The number of nitrogen functional groups attached to an aromatic ring is 1. The molecule has 0 saturated carbocycles. The molecule has 1 aromatic rings. The smallest absolute Gasteiger partial charge is 0.270 e. The van der Waals surface area contributed by atoms with Crippen LogP contribution in [0.1, 0.15) is 16.9 Å². The number of carbonyl (C=O) groups excluding carboxylic acids is 1. The maximum Gasteiger partial charge on any atom is 0.270 e. The summed E-state index contributed by atoms with van der Waals surface area (Å²) in [6.07, 6.45) is 0.855. The predicted octanol–water partition coefficient (Wildman–Crippen LogP) is 0.182. The number of ether oxygens (including phenoxy) is 1. The molecule has 1 aromatic heterocycles. The van der Waals surface area contributed by atoms with Gasteiger partial charge in [0.2, 0.25) is 0 Å². The Morgan fingerprint density at radius 1 is 1.60 bits per heavy atom. The second kappa shape index (κ2) is 4.27. The van der Waals surface area contributed by atoms with Gasteiger partial charge in [-0.15, -0.1) is 0 Å². The van der Waals surface area contributed by atoms with Gasteiger partial charge in [-0.2, -0.15) is 0 Å². The van der Waals surface area contributed by atoms with E-state index in [0.29, 0.717) is 24.7 Å². The molecule has 0 bridgehead atoms. The zero-order valence-corrected chi connectivity index (χ0v) is 8.27. The fourth-order valence-corrected chi connectivity index (χ4v) is 1.49. The quantitative estimate of drug-likeness (QED) is 0.725. The second-order valence-corrected chi connectivity index (χ2v) is 3.48. The van der Waals surface area contributed by atoms with E-state index in [-0.39, 0.29) is 11.9 Å². The van der Waals surface area contributed by atoms with E-state index >= 15 is 0 Å². The minimum absolute atomic E-state index is 0.0979. The number of pyridine rings is 1. The van der Waals surface area contributed by atoms with Crippen molar-refractivity contribution in [2.24, 2.45) is 0 Å². The molecule has 3 N–H and O–H groups in total. The zero-order valence-electron chi connectivity index (χ0n) is 8.27. The van der Waals surface area contributed by atoms with E-state index in [0.717, 1.165) is 6.42 Å². The molecule has 80 valence electrons. The largest absolute Gasteiger partial charge is 0.384 e. The SMILES string of the molecule is Nc1cccc(C(=O)NC2CCOC2)n1. The number of nitrogens with zero attached hydrogens (tertiary/aromatic N) is 1. The lowest BCUT2D eigenvalue weighted by molar-refractivity contribution is 0.0925. The van der Waals surface area contributed by atoms with Crippen LogP contribution in [0.2, 0.25) is 0 Å². The topological polar surface area (TPSA) is 77.2 Å². The van der Waals surface area contributed by atoms with Gasteiger partial charge < -0.3 is 15.8 Å². The number of nitrogens with one attached hydrogen (secondary N) is 1. The predicted molar refractivity (Wildman–Crippen MR) is 55.3 cm³/mol. The lowest BCUT2D eigenvalue weighted by Gasteiger charge is -2.09. The number of rotatable bonds is 2. The normalized spacial score (nSPS) is 20.1. The Labute approximate surface area is 87.6 Å². The molecule has 5 nitrogen and oxygen atoms in total. The van der Waals surface area contributed by atoms with Crippen LogP contribution in [0, 0.1) is 0 Å². The van der Waals surface area contributed by atoms with Gasteiger partial charge in [-0.3, -0.25) is 4.79 Å². The molecule has 1 aliphatic rings. The molecule has 2 heterocycles. The van der Waals surface area contributed by atoms with E-state index < -0.39 is 0 Å². The zero-order chi connectivity index (χ0) is 10.7. The van der Waals surface area contributed by atoms with Crippen LogP contribution in [-0.2, 0) is 4.74 Å². The number of nitrogens with two attached hydrogens (primary N) is 1. The van der Waals surface area contributed by atoms with Crippen LogP contribution in [0.15, 0.2) is 18.2 Å². The standard InChI is InChI=1S/C10H13N3O2/c11-9-3-1-2-8(13-9)10(14)12-7-4-5-15-6-7/h1-3,7H,4-6H2,(H2,11,13)(H,12,14). The Bertz CT molecular complexity index is 361. The highest BCUT2D eigenvalue weighted by Gasteiger charge is 2.18. The molecule has 1 aliphatic heterocycles. The van der Waals surface area contributed by atoms with Gasteiger partial charge in [-0.05, 0) is 18.6 Å². The van der Waals surface area contributed by atoms with Crippen molar-refractivity contribution in [3.63, 3.8) is 0 Å². The summed E-state index contributed by atoms with van der Waals surface area (Å²) in [4.78, 5) is 15.6. The summed E-state index contributed by atoms with van der Waals surface area (Å²) < 4.78 is 5.16. The number of hydrogen-bond donors (Lipinski definition) is 2. The van der Waals surface area contributed by atoms with Gasteiger partial charge in [-0.1, -0.05) is 6.07 Å². The lowest BCUT2D eigenvalue weighted by atomic mass is 10.2. The maximum absolute atomic E-state index is 11.7. The van der Waals surface area contributed by atoms with Crippen LogP contribution in [0.25, 0.3) is 0 Å². The summed E-state index contributed by atoms with van der Waals surface area (Å²) in [5.74, 6) is 0.156. The van der Waals surface area contributed by atoms with E-state index in [9.17, 15) is 4.79 Å². The van der Waals surface area contributed by atoms with Crippen molar-refractivity contribution < 1.29 is 9.53 Å². The highest BCUT2D eigenvalue weighted by Crippen LogP contribution is 2.05. The van der Waals surface area contributed by atoms with Crippen molar-refractivity contribution >= 4 is 11.7 Å². The first kappa shape index (κ1) is 9.92. The summed E-state index contributed by atoms with van der Waals surface area (Å²) in [5, 5.41) is 2.84. The fourth-order valence-electron chi connectivity index (χ4n) is 1.49. The summed E-state index contributed by atoms with van der Waals surface area (Å²) in [6, 6.07) is 5.10. The van der Waals surface area contributed by atoms with Crippen molar-refractivity contribution in [3.8, 4) is 0 Å². The van der Waals surface area contributed by atoms with Crippen molar-refractivity contribution in [2.75, 3.05) is 18.9 Å². The van der Waals surface area contributed by atoms with Crippen LogP contribution < -0.4 is 11.1 Å². The van der Waals surface area contributed by atoms with Crippen molar-refractivity contribution in [2.45, 2.75) is 12.5 Å². The first-order valence-electron chi connectivity index (χ1n) is 4.87. The molecule has 0 aliphatic carbocycles. The molecule has 1 fully saturated rings. The second-order valence-electron chi connectivity index (χ2n) is 3.48. The molecule has 0 radical (unpaired) electrons. The third-order valence-electron chi connectivity index (χ3n) is 2.27. The fraction of sp³-hybridized carbons (Fsp3) is 0.400. The molecule has 15 heavy (non-hydrogen) atoms. The monoisotopic (exact) mass is 207 g/mol. The summed E-state index contributed by atoms with van der Waals surface area (Å²) in [7, 11) is 0. The number of anilines is 1. The molecule has 1 amide bonds. The highest BCUT2D eigenvalue weighted by molar-refractivity contribution is 5.92. The van der Waals surface area contributed by atoms with E-state index in [1.807, 2.05) is 0 Å². The minimum Gasteiger partial charge on any atom is -0.384 e. The highest BCUT2D eigenvalue weighted by atomic mass is 16.5. The molecule has 0 spiro atoms. The van der Waals surface area contributed by atoms with Crippen molar-refractivity contribution in [3.05, 3.63) is 23.9 Å². The van der Waals surface area contributed by atoms with E-state index in [1.165, 1.54) is 0 Å². The number of amides is 1. The summed E-state index contributed by atoms with van der Waals surface area (Å²) >= 11 is 0. The number of aromatic nitrogens is 1. The van der Waals surface area contributed by atoms with Crippen LogP contribution in [-0.4, -0.2) is 30.1 Å². The average molecular weight is 207 g/mol. The van der Waals surface area contributed by atoms with E-state index in [4.69, 9.17) is 10.5 Å². The lowest BCUT2D eigenvalue weighted by Crippen LogP contribution is -2.35. The average Bonchev–Trinajstić information content (AvgIpc) is 2.70. The summed E-state index contributed by atoms with van der Waals surface area (Å²) in [6.45, 7) is 1.28. The third-order valence-corrected chi connectivity index (χ3v) is 2.27. The molecule has 0 aromatic carbocycles. The van der Waals surface area contributed by atoms with Gasteiger partial charge in [0, 0.05) is 6.61 Å². The van der Waals surface area contributed by atoms with Gasteiger partial charge in [-0.25, -0.2) is 4.98 Å². The van der Waals surface area contributed by atoms with Crippen molar-refractivity contribution in [1.82, 2.24) is 10.3 Å². The van der Waals surface area contributed by atoms with Crippen LogP contribution in [0.3, 0.4) is 0 Å². The number of hydrogen-bond acceptors (Lipinski definition) is 4. The molecule has 1 unspecified atom stereocenters. The molecule has 1 saturated heterocycles. The third kappa shape index (κ3) is 2.44. The molecule has 1 atom stereocenters. The Hall–Kier alpha value is -1.62. The first-order valence-corrected chi connectivity index (χ1v) is 4.87. The molecule has 5 heteroatoms. The Morgan fingerprint density at radius 2 is 2.47 bits per heavy atom. The Kier molecular flexibility index (Phi) is 2.82. The van der Waals surface area contributed by atoms with Crippen LogP contribution in [0.5, 0.6) is 0 Å². The molecular weight excluding hydrogens is 194 g/mol. The van der Waals surface area contributed by atoms with Gasteiger partial charge >= 0.3 is 0 Å². The Balaban J connectivity index is 2.01. The first-order chi connectivity index (χ1) is 7.25. The number of carbonyl (C=O) groups is 1. The van der Waals surface area contributed by atoms with E-state index in [2.05, 4.69) is 10.3 Å². The van der Waals surface area contributed by atoms with Crippen LogP contribution >= 0.6 is 0 Å². The van der Waals surface area contributed by atoms with Gasteiger partial charge in [0.15, 0.2) is 0 Å². The van der Waals surface area contributed by atoms with E-state index in [1.54, 1.807) is 18.2 Å². The van der Waals surface area contributed by atoms with Gasteiger partial charge in [0.1, 0.15) is 11.5 Å². The van der Waals surface area contributed by atoms with Crippen LogP contribution in [0.4, 0.5) is 5.82 Å². The maximum atomic E-state index is 11.7. The minimum atomic E-state index is -0.196. The summed E-state index contributed by atoms with van der Waals surface area (Å²) in [5.41, 5.74) is 5.84. The molecular formula is C10H13N3O2. The molecule has 2 rings (SSSR count). The van der Waals surface area contributed by atoms with Crippen molar-refractivity contribution in [1.29, 1.82) is 0 Å². The van der Waals surface area contributed by atoms with Gasteiger partial charge in [0.05, 0.1) is 12.6 Å². The van der Waals surface area contributed by atoms with Gasteiger partial charge in [0.25, 0.3) is 5.91 Å².